The predicted octanol–water partition coefficient (Wildman–Crippen LogP) is 3.24. The van der Waals surface area contributed by atoms with Crippen molar-refractivity contribution in [2.75, 3.05) is 65.9 Å². The standard InChI is InChI=1S/C44H59N5O7/c1-8-27-23-43(40(53)56-7,35-29(15-19-47(4)25-27)28-13-10-11-14-32(28)46-35)31-21-30-33(22-34(31)55-6)48(5)37-42(30)17-20-49-18-12-16-41(9-2,36(42)49)38(51)44(37,54)39(52)45-24-26(3)50/h10-14,16,21-22,26-27,36-38,46,50-51,54H,8-9,15,17-20,23-25H2,1-7H3,(H,45,52)/t26?,27?,36?,37?,38-,41-,42?,43+,44+/m1/s1. The van der Waals surface area contributed by atoms with Crippen molar-refractivity contribution in [3.05, 3.63) is 70.9 Å². The van der Waals surface area contributed by atoms with Crippen LogP contribution in [0.1, 0.15) is 68.8 Å². The minimum atomic E-state index is -2.28. The van der Waals surface area contributed by atoms with Crippen LogP contribution in [-0.2, 0) is 31.6 Å². The zero-order valence-corrected chi connectivity index (χ0v) is 33.9. The highest BCUT2D eigenvalue weighted by atomic mass is 16.5. The molecule has 4 aliphatic heterocycles. The molecule has 2 fully saturated rings. The van der Waals surface area contributed by atoms with Crippen molar-refractivity contribution < 1.29 is 34.4 Å². The number of likely N-dealkylation sites (N-methyl/N-ethyl adjacent to an activating group) is 2. The second-order valence-corrected chi connectivity index (χ2v) is 17.3. The number of carbonyl (C=O) groups is 2. The number of para-hydroxylation sites is 1. The molecule has 1 saturated carbocycles. The number of aromatic nitrogens is 1. The van der Waals surface area contributed by atoms with E-state index in [-0.39, 0.29) is 24.5 Å². The first-order valence-electron chi connectivity index (χ1n) is 20.4. The number of nitrogens with one attached hydrogen (secondary N) is 2. The molecule has 1 amide bonds. The fourth-order valence-corrected chi connectivity index (χ4v) is 12.2. The predicted molar refractivity (Wildman–Crippen MR) is 215 cm³/mol. The number of nitrogens with zero attached hydrogens (tertiary/aromatic N) is 3. The molecular formula is C44H59N5O7. The van der Waals surface area contributed by atoms with Crippen LogP contribution in [0.15, 0.2) is 48.6 Å². The van der Waals surface area contributed by atoms with Gasteiger partial charge in [0.25, 0.3) is 5.91 Å². The second-order valence-electron chi connectivity index (χ2n) is 17.3. The van der Waals surface area contributed by atoms with Crippen molar-refractivity contribution in [3.8, 4) is 5.75 Å². The van der Waals surface area contributed by atoms with E-state index in [1.54, 1.807) is 14.0 Å². The lowest BCUT2D eigenvalue weighted by Gasteiger charge is -2.63. The Kier molecular flexibility index (Phi) is 9.64. The molecule has 56 heavy (non-hydrogen) atoms. The quantitative estimate of drug-likeness (QED) is 0.171. The number of carbonyl (C=O) groups excluding carboxylic acids is 2. The number of rotatable bonds is 8. The van der Waals surface area contributed by atoms with Crippen LogP contribution in [0.25, 0.3) is 10.9 Å². The highest BCUT2D eigenvalue weighted by Crippen LogP contribution is 2.67. The van der Waals surface area contributed by atoms with E-state index in [9.17, 15) is 20.1 Å². The summed E-state index contributed by atoms with van der Waals surface area (Å²) in [4.78, 5) is 40.1. The topological polar surface area (TPSA) is 151 Å². The average molecular weight is 770 g/mol. The number of esters is 1. The van der Waals surface area contributed by atoms with Crippen molar-refractivity contribution in [1.82, 2.24) is 20.1 Å². The Hall–Kier alpha value is -3.94. The monoisotopic (exact) mass is 769 g/mol. The van der Waals surface area contributed by atoms with E-state index >= 15 is 4.79 Å². The van der Waals surface area contributed by atoms with Gasteiger partial charge in [-0.2, -0.15) is 0 Å². The number of aromatic amines is 1. The maximum Gasteiger partial charge on any atom is 0.322 e. The van der Waals surface area contributed by atoms with Gasteiger partial charge in [-0.1, -0.05) is 50.6 Å². The van der Waals surface area contributed by atoms with Crippen LogP contribution in [-0.4, -0.2) is 133 Å². The first-order chi connectivity index (χ1) is 26.8. The minimum Gasteiger partial charge on any atom is -0.496 e. The first kappa shape index (κ1) is 38.9. The molecule has 8 rings (SSSR count). The number of aliphatic hydroxyl groups is 3. The molecule has 3 aromatic rings. The zero-order valence-electron chi connectivity index (χ0n) is 33.9. The van der Waals surface area contributed by atoms with Crippen molar-refractivity contribution >= 4 is 28.5 Å². The van der Waals surface area contributed by atoms with Gasteiger partial charge in [-0.3, -0.25) is 14.5 Å². The molecule has 0 bridgehead atoms. The summed E-state index contributed by atoms with van der Waals surface area (Å²) in [6.45, 7) is 8.68. The van der Waals surface area contributed by atoms with Gasteiger partial charge in [0.2, 0.25) is 0 Å². The molecule has 302 valence electrons. The van der Waals surface area contributed by atoms with Crippen molar-refractivity contribution in [2.24, 2.45) is 11.3 Å². The summed E-state index contributed by atoms with van der Waals surface area (Å²) in [7, 11) is 7.11. The number of benzene rings is 2. The molecule has 0 radical (unpaired) electrons. The van der Waals surface area contributed by atoms with Gasteiger partial charge in [0.15, 0.2) is 5.60 Å². The Balaban J connectivity index is 1.45. The van der Waals surface area contributed by atoms with Crippen molar-refractivity contribution in [3.63, 3.8) is 0 Å². The number of anilines is 1. The molecule has 5 unspecified atom stereocenters. The summed E-state index contributed by atoms with van der Waals surface area (Å²) in [5.74, 6) is -0.470. The van der Waals surface area contributed by atoms with Crippen LogP contribution in [0.4, 0.5) is 5.69 Å². The molecule has 2 aromatic carbocycles. The van der Waals surface area contributed by atoms with E-state index in [1.807, 2.05) is 43.1 Å². The number of amides is 1. The fraction of sp³-hybridized carbons (Fsp3) is 0.591. The summed E-state index contributed by atoms with van der Waals surface area (Å²) in [5, 5.41) is 39.8. The minimum absolute atomic E-state index is 0.0744. The van der Waals surface area contributed by atoms with Crippen molar-refractivity contribution in [2.45, 2.75) is 93.6 Å². The molecule has 12 heteroatoms. The molecule has 1 saturated heterocycles. The lowest BCUT2D eigenvalue weighted by atomic mass is 9.47. The van der Waals surface area contributed by atoms with Crippen LogP contribution in [0.3, 0.4) is 0 Å². The normalized spacial score (nSPS) is 34.4. The molecule has 1 spiro atoms. The third-order valence-electron chi connectivity index (χ3n) is 14.6. The van der Waals surface area contributed by atoms with Gasteiger partial charge in [-0.25, -0.2) is 0 Å². The van der Waals surface area contributed by atoms with Gasteiger partial charge in [-0.05, 0) is 75.4 Å². The Morgan fingerprint density at radius 2 is 1.86 bits per heavy atom. The number of hydrogen-bond donors (Lipinski definition) is 5. The van der Waals surface area contributed by atoms with E-state index in [0.717, 1.165) is 59.3 Å². The summed E-state index contributed by atoms with van der Waals surface area (Å²) in [5.41, 5.74) is -0.216. The molecule has 1 aliphatic carbocycles. The first-order valence-corrected chi connectivity index (χ1v) is 20.4. The van der Waals surface area contributed by atoms with E-state index in [4.69, 9.17) is 9.47 Å². The molecule has 5 N–H and O–H groups in total. The average Bonchev–Trinajstić information content (AvgIpc) is 3.86. The third-order valence-corrected chi connectivity index (χ3v) is 14.6. The maximum absolute atomic E-state index is 15.1. The number of fused-ring (bicyclic) bond motifs is 4. The Labute approximate surface area is 329 Å². The van der Waals surface area contributed by atoms with Gasteiger partial charge >= 0.3 is 5.97 Å². The maximum atomic E-state index is 15.1. The Bertz CT molecular complexity index is 2070. The van der Waals surface area contributed by atoms with Gasteiger partial charge in [0, 0.05) is 84.0 Å². The second kappa shape index (κ2) is 13.9. The van der Waals surface area contributed by atoms with Crippen LogP contribution in [0, 0.1) is 11.3 Å². The number of ether oxygens (including phenoxy) is 2. The lowest BCUT2D eigenvalue weighted by Crippen LogP contribution is -2.81. The van der Waals surface area contributed by atoms with Gasteiger partial charge in [0.1, 0.15) is 17.3 Å². The molecule has 12 nitrogen and oxygen atoms in total. The summed E-state index contributed by atoms with van der Waals surface area (Å²) in [6.07, 6.45) is 4.89. The van der Waals surface area contributed by atoms with E-state index in [0.29, 0.717) is 43.7 Å². The third kappa shape index (κ3) is 5.08. The summed E-state index contributed by atoms with van der Waals surface area (Å²) >= 11 is 0. The lowest BCUT2D eigenvalue weighted by molar-refractivity contribution is -0.203. The Morgan fingerprint density at radius 3 is 2.55 bits per heavy atom. The number of hydrogen-bond acceptors (Lipinski definition) is 10. The highest BCUT2D eigenvalue weighted by molar-refractivity contribution is 5.95. The summed E-state index contributed by atoms with van der Waals surface area (Å²) in [6, 6.07) is 11.2. The highest BCUT2D eigenvalue weighted by Gasteiger charge is 2.78. The molecular weight excluding hydrogens is 711 g/mol. The molecule has 5 heterocycles. The van der Waals surface area contributed by atoms with Crippen LogP contribution in [0.2, 0.25) is 0 Å². The van der Waals surface area contributed by atoms with Crippen LogP contribution in [0.5, 0.6) is 5.75 Å². The van der Waals surface area contributed by atoms with Crippen molar-refractivity contribution in [1.29, 1.82) is 0 Å². The smallest absolute Gasteiger partial charge is 0.322 e. The molecule has 5 aliphatic rings. The van der Waals surface area contributed by atoms with Crippen LogP contribution < -0.4 is 15.0 Å². The Morgan fingerprint density at radius 1 is 1.09 bits per heavy atom. The number of H-pyrrole nitrogens is 1. The SMILES string of the molecule is CCC1CN(C)CCc2c([nH]c3ccccc23)[C@@](C(=O)OC)(c2cc3c(cc2OC)N(C)C2C34CCN3CC=C[C@](CC)(C34)[C@@H](O)[C@]2(O)C(=O)NCC(C)O)C1. The number of methoxy groups -OCH3 is 2. The zero-order chi connectivity index (χ0) is 39.9. The molecule has 9 atom stereocenters. The van der Waals surface area contributed by atoms with Gasteiger partial charge < -0.3 is 44.9 Å². The van der Waals surface area contributed by atoms with Gasteiger partial charge in [0.05, 0.1) is 26.4 Å². The van der Waals surface area contributed by atoms with E-state index in [1.165, 1.54) is 7.11 Å². The van der Waals surface area contributed by atoms with E-state index in [2.05, 4.69) is 58.3 Å². The van der Waals surface area contributed by atoms with Crippen LogP contribution >= 0.6 is 0 Å². The van der Waals surface area contributed by atoms with E-state index < -0.39 is 46.0 Å². The number of aliphatic hydroxyl groups excluding tert-OH is 2. The fourth-order valence-electron chi connectivity index (χ4n) is 12.2. The molecule has 1 aromatic heterocycles. The van der Waals surface area contributed by atoms with Gasteiger partial charge in [-0.15, -0.1) is 0 Å². The summed E-state index contributed by atoms with van der Waals surface area (Å²) < 4.78 is 12.2. The largest absolute Gasteiger partial charge is 0.496 e.